The van der Waals surface area contributed by atoms with Gasteiger partial charge in [0.15, 0.2) is 0 Å². The molecule has 0 amide bonds. The van der Waals surface area contributed by atoms with Crippen LogP contribution in [0.1, 0.15) is 17.5 Å². The number of nitrogens with zero attached hydrogens (tertiary/aromatic N) is 3. The Morgan fingerprint density at radius 2 is 1.10 bits per heavy atom. The first-order valence-corrected chi connectivity index (χ1v) is 10.4. The molecule has 0 saturated carbocycles. The van der Waals surface area contributed by atoms with Gasteiger partial charge in [-0.3, -0.25) is 14.6 Å². The zero-order valence-corrected chi connectivity index (χ0v) is 17.3. The molecular weight excluding hydrogens is 382 g/mol. The summed E-state index contributed by atoms with van der Waals surface area (Å²) in [4.78, 5) is 17.8. The summed E-state index contributed by atoms with van der Waals surface area (Å²) >= 11 is 0. The lowest BCUT2D eigenvalue weighted by Crippen LogP contribution is -2.37. The standard InChI is InChI=1S/C23H31N3O4/c27-21-7-3-1-5-19(21)17-25-13-11-24(10-9-23(29)30)12-14-26(16-15-25)18-20-6-2-4-8-22(20)28/h1-8,27-28H,9-18H2,(H,29,30). The maximum Gasteiger partial charge on any atom is 0.304 e. The first-order valence-electron chi connectivity index (χ1n) is 10.4. The summed E-state index contributed by atoms with van der Waals surface area (Å²) in [6.07, 6.45) is 0.124. The number of benzene rings is 2. The summed E-state index contributed by atoms with van der Waals surface area (Å²) in [5.74, 6) is -0.190. The van der Waals surface area contributed by atoms with Crippen molar-refractivity contribution >= 4 is 5.97 Å². The maximum atomic E-state index is 11.0. The molecule has 1 aliphatic heterocycles. The molecule has 1 aliphatic rings. The van der Waals surface area contributed by atoms with Crippen molar-refractivity contribution in [3.05, 3.63) is 59.7 Å². The first-order chi connectivity index (χ1) is 14.5. The molecular formula is C23H31N3O4. The average Bonchev–Trinajstić information content (AvgIpc) is 2.81. The largest absolute Gasteiger partial charge is 0.508 e. The number of rotatable bonds is 7. The van der Waals surface area contributed by atoms with Gasteiger partial charge in [0.1, 0.15) is 11.5 Å². The van der Waals surface area contributed by atoms with Crippen molar-refractivity contribution in [3.63, 3.8) is 0 Å². The summed E-state index contributed by atoms with van der Waals surface area (Å²) in [6.45, 7) is 6.63. The van der Waals surface area contributed by atoms with Crippen molar-refractivity contribution in [2.45, 2.75) is 19.5 Å². The fourth-order valence-corrected chi connectivity index (χ4v) is 3.75. The SMILES string of the molecule is O=C(O)CCN1CCN(Cc2ccccc2O)CCN(Cc2ccccc2O)CC1. The molecule has 0 unspecified atom stereocenters. The third-order valence-electron chi connectivity index (χ3n) is 5.61. The van der Waals surface area contributed by atoms with Gasteiger partial charge >= 0.3 is 5.97 Å². The number of carboxylic acid groups (broad SMARTS) is 1. The number of hydrogen-bond acceptors (Lipinski definition) is 6. The number of para-hydroxylation sites is 2. The van der Waals surface area contributed by atoms with Crippen molar-refractivity contribution in [2.24, 2.45) is 0 Å². The van der Waals surface area contributed by atoms with Crippen LogP contribution in [0.4, 0.5) is 0 Å². The van der Waals surface area contributed by atoms with Crippen molar-refractivity contribution in [1.82, 2.24) is 14.7 Å². The lowest BCUT2D eigenvalue weighted by atomic mass is 10.1. The minimum Gasteiger partial charge on any atom is -0.508 e. The number of aromatic hydroxyl groups is 2. The molecule has 7 heteroatoms. The fourth-order valence-electron chi connectivity index (χ4n) is 3.75. The Morgan fingerprint density at radius 3 is 1.50 bits per heavy atom. The van der Waals surface area contributed by atoms with Crippen LogP contribution in [0.25, 0.3) is 0 Å². The Hall–Kier alpha value is -2.61. The van der Waals surface area contributed by atoms with Crippen LogP contribution in [0.5, 0.6) is 11.5 Å². The summed E-state index contributed by atoms with van der Waals surface area (Å²) < 4.78 is 0. The number of phenols is 2. The highest BCUT2D eigenvalue weighted by molar-refractivity contribution is 5.66. The maximum absolute atomic E-state index is 11.0. The highest BCUT2D eigenvalue weighted by Gasteiger charge is 2.19. The van der Waals surface area contributed by atoms with Gasteiger partial charge in [-0.05, 0) is 12.1 Å². The number of carboxylic acids is 1. The quantitative estimate of drug-likeness (QED) is 0.641. The van der Waals surface area contributed by atoms with Crippen molar-refractivity contribution in [2.75, 3.05) is 45.8 Å². The minimum atomic E-state index is -0.785. The van der Waals surface area contributed by atoms with Gasteiger partial charge in [-0.1, -0.05) is 36.4 Å². The number of aliphatic carboxylic acids is 1. The molecule has 0 aromatic heterocycles. The molecule has 3 rings (SSSR count). The van der Waals surface area contributed by atoms with Crippen molar-refractivity contribution < 1.29 is 20.1 Å². The lowest BCUT2D eigenvalue weighted by Gasteiger charge is -2.26. The second kappa shape index (κ2) is 11.0. The summed E-state index contributed by atoms with van der Waals surface area (Å²) in [7, 11) is 0. The van der Waals surface area contributed by atoms with E-state index in [1.807, 2.05) is 36.4 Å². The molecule has 1 heterocycles. The normalized spacial score (nSPS) is 17.2. The zero-order chi connectivity index (χ0) is 21.3. The molecule has 0 bridgehead atoms. The Morgan fingerprint density at radius 1 is 0.700 bits per heavy atom. The summed E-state index contributed by atoms with van der Waals surface area (Å²) in [5.41, 5.74) is 1.78. The van der Waals surface area contributed by atoms with E-state index < -0.39 is 5.97 Å². The van der Waals surface area contributed by atoms with Crippen LogP contribution >= 0.6 is 0 Å². The van der Waals surface area contributed by atoms with Crippen LogP contribution in [0.2, 0.25) is 0 Å². The second-order valence-corrected chi connectivity index (χ2v) is 7.80. The molecule has 3 N–H and O–H groups in total. The van der Waals surface area contributed by atoms with E-state index in [0.717, 1.165) is 50.4 Å². The number of phenolic OH excluding ortho intramolecular Hbond substituents is 2. The van der Waals surface area contributed by atoms with Crippen molar-refractivity contribution in [1.29, 1.82) is 0 Å². The highest BCUT2D eigenvalue weighted by atomic mass is 16.4. The second-order valence-electron chi connectivity index (χ2n) is 7.80. The summed E-state index contributed by atoms with van der Waals surface area (Å²) in [6, 6.07) is 14.8. The third kappa shape index (κ3) is 6.73. The van der Waals surface area contributed by atoms with E-state index in [-0.39, 0.29) is 6.42 Å². The number of carbonyl (C=O) groups is 1. The molecule has 162 valence electrons. The Labute approximate surface area is 177 Å². The molecule has 0 atom stereocenters. The molecule has 2 aromatic carbocycles. The fraction of sp³-hybridized carbons (Fsp3) is 0.435. The smallest absolute Gasteiger partial charge is 0.304 e. The van der Waals surface area contributed by atoms with Gasteiger partial charge in [0.25, 0.3) is 0 Å². The Kier molecular flexibility index (Phi) is 8.07. The van der Waals surface area contributed by atoms with E-state index >= 15 is 0 Å². The van der Waals surface area contributed by atoms with Gasteiger partial charge in [0, 0.05) is 70.0 Å². The number of hydrogen-bond donors (Lipinski definition) is 3. The molecule has 1 saturated heterocycles. The molecule has 0 aliphatic carbocycles. The topological polar surface area (TPSA) is 87.5 Å². The van der Waals surface area contributed by atoms with Gasteiger partial charge in [0.05, 0.1) is 6.42 Å². The van der Waals surface area contributed by atoms with Gasteiger partial charge in [-0.2, -0.15) is 0 Å². The molecule has 30 heavy (non-hydrogen) atoms. The van der Waals surface area contributed by atoms with Gasteiger partial charge in [0.2, 0.25) is 0 Å². The van der Waals surface area contributed by atoms with E-state index in [1.165, 1.54) is 0 Å². The molecule has 1 fully saturated rings. The van der Waals surface area contributed by atoms with Crippen LogP contribution in [0.15, 0.2) is 48.5 Å². The van der Waals surface area contributed by atoms with Gasteiger partial charge in [-0.25, -0.2) is 0 Å². The minimum absolute atomic E-state index is 0.124. The molecule has 7 nitrogen and oxygen atoms in total. The van der Waals surface area contributed by atoms with E-state index in [4.69, 9.17) is 5.11 Å². The predicted molar refractivity (Wildman–Crippen MR) is 115 cm³/mol. The molecule has 0 spiro atoms. The summed E-state index contributed by atoms with van der Waals surface area (Å²) in [5, 5.41) is 29.4. The van der Waals surface area contributed by atoms with E-state index in [9.17, 15) is 15.0 Å². The average molecular weight is 414 g/mol. The first kappa shape index (κ1) is 22.1. The van der Waals surface area contributed by atoms with Gasteiger partial charge < -0.3 is 20.2 Å². The predicted octanol–water partition coefficient (Wildman–Crippen LogP) is 2.19. The van der Waals surface area contributed by atoms with Crippen molar-refractivity contribution in [3.8, 4) is 11.5 Å². The lowest BCUT2D eigenvalue weighted by molar-refractivity contribution is -0.137. The van der Waals surface area contributed by atoms with Crippen LogP contribution in [-0.4, -0.2) is 81.8 Å². The molecule has 0 radical (unpaired) electrons. The van der Waals surface area contributed by atoms with Crippen LogP contribution in [0.3, 0.4) is 0 Å². The Balaban J connectivity index is 1.71. The van der Waals surface area contributed by atoms with Gasteiger partial charge in [-0.15, -0.1) is 0 Å². The zero-order valence-electron chi connectivity index (χ0n) is 17.3. The van der Waals surface area contributed by atoms with Crippen LogP contribution in [-0.2, 0) is 17.9 Å². The molecule has 2 aromatic rings. The highest BCUT2D eigenvalue weighted by Crippen LogP contribution is 2.20. The monoisotopic (exact) mass is 413 g/mol. The van der Waals surface area contributed by atoms with Crippen LogP contribution in [0, 0.1) is 0 Å². The Bertz CT molecular complexity index is 770. The third-order valence-corrected chi connectivity index (χ3v) is 5.61. The van der Waals surface area contributed by atoms with Crippen LogP contribution < -0.4 is 0 Å². The van der Waals surface area contributed by atoms with E-state index in [2.05, 4.69) is 14.7 Å². The van der Waals surface area contributed by atoms with E-state index in [0.29, 0.717) is 31.1 Å². The van der Waals surface area contributed by atoms with E-state index in [1.54, 1.807) is 12.1 Å².